The predicted molar refractivity (Wildman–Crippen MR) is 82.7 cm³/mol. The summed E-state index contributed by atoms with van der Waals surface area (Å²) < 4.78 is 5.63. The molecule has 0 aliphatic heterocycles. The van der Waals surface area contributed by atoms with E-state index in [0.29, 0.717) is 23.1 Å². The lowest BCUT2D eigenvalue weighted by molar-refractivity contribution is 0.0889. The van der Waals surface area contributed by atoms with Crippen molar-refractivity contribution in [3.05, 3.63) is 28.8 Å². The number of hydrogen-bond acceptors (Lipinski definition) is 2. The van der Waals surface area contributed by atoms with E-state index in [-0.39, 0.29) is 11.7 Å². The van der Waals surface area contributed by atoms with E-state index in [0.717, 1.165) is 31.4 Å². The quantitative estimate of drug-likeness (QED) is 0.703. The fourth-order valence-electron chi connectivity index (χ4n) is 2.63. The Morgan fingerprint density at radius 2 is 2.00 bits per heavy atom. The molecule has 1 aromatic rings. The molecule has 1 aliphatic carbocycles. The predicted octanol–water partition coefficient (Wildman–Crippen LogP) is 5.14. The van der Waals surface area contributed by atoms with Crippen LogP contribution in [0.4, 0.5) is 0 Å². The zero-order valence-electron chi connectivity index (χ0n) is 12.3. The standard InChI is InChI=1S/C17H23ClO2/c1-12(2)11-20-14-8-9-15(16(18)10-14)17(19)13-6-4-3-5-7-13/h8-10,12-13H,3-7,11H2,1-2H3. The molecule has 1 aliphatic rings. The van der Waals surface area contributed by atoms with Gasteiger partial charge in [0.25, 0.3) is 0 Å². The highest BCUT2D eigenvalue weighted by Gasteiger charge is 2.24. The lowest BCUT2D eigenvalue weighted by Gasteiger charge is -2.21. The van der Waals surface area contributed by atoms with Crippen molar-refractivity contribution in [3.8, 4) is 5.75 Å². The third-order valence-corrected chi connectivity index (χ3v) is 4.08. The summed E-state index contributed by atoms with van der Waals surface area (Å²) in [6, 6.07) is 5.43. The topological polar surface area (TPSA) is 26.3 Å². The Bertz CT molecular complexity index is 462. The molecule has 0 atom stereocenters. The van der Waals surface area contributed by atoms with Crippen molar-refractivity contribution in [1.29, 1.82) is 0 Å². The van der Waals surface area contributed by atoms with Crippen LogP contribution >= 0.6 is 11.6 Å². The first-order valence-electron chi connectivity index (χ1n) is 7.54. The Hall–Kier alpha value is -1.02. The fraction of sp³-hybridized carbons (Fsp3) is 0.588. The Balaban J connectivity index is 2.06. The van der Waals surface area contributed by atoms with Crippen LogP contribution in [0.3, 0.4) is 0 Å². The van der Waals surface area contributed by atoms with E-state index in [9.17, 15) is 4.79 Å². The Kier molecular flexibility index (Phi) is 5.47. The van der Waals surface area contributed by atoms with Crippen LogP contribution in [0.5, 0.6) is 5.75 Å². The molecule has 2 nitrogen and oxygen atoms in total. The molecule has 0 saturated heterocycles. The first-order chi connectivity index (χ1) is 9.58. The summed E-state index contributed by atoms with van der Waals surface area (Å²) >= 11 is 6.26. The van der Waals surface area contributed by atoms with Gasteiger partial charge in [-0.2, -0.15) is 0 Å². The number of halogens is 1. The molecule has 1 fully saturated rings. The summed E-state index contributed by atoms with van der Waals surface area (Å²) in [6.45, 7) is 4.86. The third-order valence-electron chi connectivity index (χ3n) is 3.77. The first-order valence-corrected chi connectivity index (χ1v) is 7.92. The van der Waals surface area contributed by atoms with Crippen LogP contribution in [-0.2, 0) is 0 Å². The average Bonchev–Trinajstić information content (AvgIpc) is 2.45. The first kappa shape index (κ1) is 15.4. The van der Waals surface area contributed by atoms with Gasteiger partial charge in [0.15, 0.2) is 5.78 Å². The molecule has 2 rings (SSSR count). The fourth-order valence-corrected chi connectivity index (χ4v) is 2.90. The normalized spacial score (nSPS) is 16.4. The monoisotopic (exact) mass is 294 g/mol. The maximum absolute atomic E-state index is 12.5. The van der Waals surface area contributed by atoms with Crippen molar-refractivity contribution in [1.82, 2.24) is 0 Å². The van der Waals surface area contributed by atoms with Gasteiger partial charge in [0, 0.05) is 11.5 Å². The number of ketones is 1. The molecule has 0 unspecified atom stereocenters. The molecular formula is C17H23ClO2. The molecule has 110 valence electrons. The summed E-state index contributed by atoms with van der Waals surface area (Å²) in [5.74, 6) is 1.56. The van der Waals surface area contributed by atoms with Crippen molar-refractivity contribution in [3.63, 3.8) is 0 Å². The van der Waals surface area contributed by atoms with Gasteiger partial charge in [-0.15, -0.1) is 0 Å². The zero-order valence-corrected chi connectivity index (χ0v) is 13.1. The number of benzene rings is 1. The minimum Gasteiger partial charge on any atom is -0.493 e. The van der Waals surface area contributed by atoms with Gasteiger partial charge in [-0.25, -0.2) is 0 Å². The van der Waals surface area contributed by atoms with Crippen molar-refractivity contribution < 1.29 is 9.53 Å². The van der Waals surface area contributed by atoms with E-state index < -0.39 is 0 Å². The van der Waals surface area contributed by atoms with Crippen LogP contribution in [-0.4, -0.2) is 12.4 Å². The number of rotatable bonds is 5. The lowest BCUT2D eigenvalue weighted by Crippen LogP contribution is -2.18. The molecule has 0 radical (unpaired) electrons. The molecule has 3 heteroatoms. The molecule has 0 aromatic heterocycles. The highest BCUT2D eigenvalue weighted by molar-refractivity contribution is 6.34. The minimum atomic E-state index is 0.156. The Labute approximate surface area is 126 Å². The van der Waals surface area contributed by atoms with Crippen LogP contribution in [0.1, 0.15) is 56.3 Å². The van der Waals surface area contributed by atoms with Crippen molar-refractivity contribution >= 4 is 17.4 Å². The molecule has 1 saturated carbocycles. The molecule has 1 aromatic carbocycles. The Morgan fingerprint density at radius 3 is 2.60 bits per heavy atom. The molecular weight excluding hydrogens is 272 g/mol. The van der Waals surface area contributed by atoms with E-state index in [2.05, 4.69) is 13.8 Å². The van der Waals surface area contributed by atoms with Gasteiger partial charge >= 0.3 is 0 Å². The molecule has 0 heterocycles. The molecule has 0 amide bonds. The van der Waals surface area contributed by atoms with E-state index in [4.69, 9.17) is 16.3 Å². The van der Waals surface area contributed by atoms with Crippen LogP contribution in [0.2, 0.25) is 5.02 Å². The summed E-state index contributed by atoms with van der Waals surface area (Å²) in [6.07, 6.45) is 5.56. The van der Waals surface area contributed by atoms with Gasteiger partial charge < -0.3 is 4.74 Å². The minimum absolute atomic E-state index is 0.156. The lowest BCUT2D eigenvalue weighted by atomic mass is 9.84. The Morgan fingerprint density at radius 1 is 1.30 bits per heavy atom. The number of carbonyl (C=O) groups excluding carboxylic acids is 1. The van der Waals surface area contributed by atoms with Crippen LogP contribution in [0.25, 0.3) is 0 Å². The van der Waals surface area contributed by atoms with Crippen molar-refractivity contribution in [2.24, 2.45) is 11.8 Å². The summed E-state index contributed by atoms with van der Waals surface area (Å²) in [7, 11) is 0. The number of hydrogen-bond donors (Lipinski definition) is 0. The van der Waals surface area contributed by atoms with Gasteiger partial charge in [-0.3, -0.25) is 4.79 Å². The summed E-state index contributed by atoms with van der Waals surface area (Å²) in [5.41, 5.74) is 0.649. The number of carbonyl (C=O) groups is 1. The zero-order chi connectivity index (χ0) is 14.5. The van der Waals surface area contributed by atoms with Gasteiger partial charge in [0.2, 0.25) is 0 Å². The van der Waals surface area contributed by atoms with E-state index in [1.165, 1.54) is 6.42 Å². The van der Waals surface area contributed by atoms with Crippen LogP contribution in [0.15, 0.2) is 18.2 Å². The second kappa shape index (κ2) is 7.12. The second-order valence-electron chi connectivity index (χ2n) is 6.05. The maximum atomic E-state index is 12.5. The molecule has 0 bridgehead atoms. The molecule has 0 N–H and O–H groups in total. The van der Waals surface area contributed by atoms with Crippen molar-refractivity contribution in [2.45, 2.75) is 46.0 Å². The number of ether oxygens (including phenoxy) is 1. The highest BCUT2D eigenvalue weighted by atomic mass is 35.5. The SMILES string of the molecule is CC(C)COc1ccc(C(=O)C2CCCCC2)c(Cl)c1. The molecule has 20 heavy (non-hydrogen) atoms. The maximum Gasteiger partial charge on any atom is 0.167 e. The van der Waals surface area contributed by atoms with Gasteiger partial charge in [-0.05, 0) is 37.0 Å². The van der Waals surface area contributed by atoms with E-state index in [1.54, 1.807) is 6.07 Å². The smallest absolute Gasteiger partial charge is 0.167 e. The van der Waals surface area contributed by atoms with E-state index in [1.807, 2.05) is 12.1 Å². The summed E-state index contributed by atoms with van der Waals surface area (Å²) in [4.78, 5) is 12.5. The second-order valence-corrected chi connectivity index (χ2v) is 6.45. The molecule has 0 spiro atoms. The highest BCUT2D eigenvalue weighted by Crippen LogP contribution is 2.31. The third kappa shape index (κ3) is 3.99. The van der Waals surface area contributed by atoms with Crippen molar-refractivity contribution in [2.75, 3.05) is 6.61 Å². The largest absolute Gasteiger partial charge is 0.493 e. The van der Waals surface area contributed by atoms with Gasteiger partial charge in [0.1, 0.15) is 5.75 Å². The van der Waals surface area contributed by atoms with Gasteiger partial charge in [-0.1, -0.05) is 44.7 Å². The summed E-state index contributed by atoms with van der Waals surface area (Å²) in [5, 5.41) is 0.516. The van der Waals surface area contributed by atoms with Gasteiger partial charge in [0.05, 0.1) is 11.6 Å². The van der Waals surface area contributed by atoms with Crippen LogP contribution < -0.4 is 4.74 Å². The van der Waals surface area contributed by atoms with E-state index >= 15 is 0 Å². The van der Waals surface area contributed by atoms with Crippen LogP contribution in [0, 0.1) is 11.8 Å². The average molecular weight is 295 g/mol. The number of Topliss-reactive ketones (excluding diaryl/α,β-unsaturated/α-hetero) is 1.